The van der Waals surface area contributed by atoms with Gasteiger partial charge in [-0.25, -0.2) is 4.98 Å². The van der Waals surface area contributed by atoms with Crippen LogP contribution in [0.5, 0.6) is 0 Å². The first kappa shape index (κ1) is 17.6. The van der Waals surface area contributed by atoms with Crippen molar-refractivity contribution in [2.75, 3.05) is 26.7 Å². The second-order valence-electron chi connectivity index (χ2n) is 8.08. The van der Waals surface area contributed by atoms with E-state index in [4.69, 9.17) is 4.42 Å². The number of thiazole rings is 1. The van der Waals surface area contributed by atoms with Crippen LogP contribution >= 0.6 is 11.3 Å². The molecule has 0 N–H and O–H groups in total. The van der Waals surface area contributed by atoms with Gasteiger partial charge in [-0.1, -0.05) is 13.8 Å². The topological polar surface area (TPSA) is 75.4 Å². The average molecular weight is 375 g/mol. The van der Waals surface area contributed by atoms with E-state index >= 15 is 0 Å². The normalized spacial score (nSPS) is 22.4. The molecule has 0 saturated carbocycles. The lowest BCUT2D eigenvalue weighted by Gasteiger charge is -2.47. The third-order valence-electron chi connectivity index (χ3n) is 5.42. The van der Waals surface area contributed by atoms with Gasteiger partial charge in [0.25, 0.3) is 5.91 Å². The fourth-order valence-electron chi connectivity index (χ4n) is 4.17. The van der Waals surface area contributed by atoms with E-state index in [1.54, 1.807) is 0 Å². The maximum Gasteiger partial charge on any atom is 0.265 e. The van der Waals surface area contributed by atoms with Gasteiger partial charge in [0.2, 0.25) is 11.8 Å². The molecule has 7 nitrogen and oxygen atoms in total. The van der Waals surface area contributed by atoms with Crippen molar-refractivity contribution in [3.05, 3.63) is 27.4 Å². The third-order valence-corrected chi connectivity index (χ3v) is 6.48. The summed E-state index contributed by atoms with van der Waals surface area (Å²) in [6.07, 6.45) is 0.952. The maximum atomic E-state index is 12.8. The third kappa shape index (κ3) is 2.85. The number of nitrogens with zero attached hydrogens (tertiary/aromatic N) is 5. The van der Waals surface area contributed by atoms with Crippen LogP contribution < -0.4 is 0 Å². The molecule has 0 aliphatic carbocycles. The van der Waals surface area contributed by atoms with Crippen LogP contribution in [0.4, 0.5) is 0 Å². The van der Waals surface area contributed by atoms with E-state index in [9.17, 15) is 4.79 Å². The Labute approximate surface area is 157 Å². The van der Waals surface area contributed by atoms with E-state index in [0.29, 0.717) is 11.8 Å². The lowest BCUT2D eigenvalue weighted by Crippen LogP contribution is -2.59. The molecular weight excluding hydrogens is 350 g/mol. The van der Waals surface area contributed by atoms with Crippen molar-refractivity contribution < 1.29 is 9.21 Å². The molecule has 1 amide bonds. The zero-order valence-electron chi connectivity index (χ0n) is 15.9. The Morgan fingerprint density at radius 2 is 2.00 bits per heavy atom. The monoisotopic (exact) mass is 375 g/mol. The van der Waals surface area contributed by atoms with Gasteiger partial charge >= 0.3 is 0 Å². The number of aromatic nitrogens is 3. The van der Waals surface area contributed by atoms with Crippen LogP contribution in [0.25, 0.3) is 0 Å². The highest BCUT2D eigenvalue weighted by atomic mass is 32.1. The molecule has 1 atom stereocenters. The zero-order chi connectivity index (χ0) is 18.6. The largest absolute Gasteiger partial charge is 0.423 e. The smallest absolute Gasteiger partial charge is 0.265 e. The fourth-order valence-corrected chi connectivity index (χ4v) is 5.06. The Morgan fingerprint density at radius 1 is 1.27 bits per heavy atom. The SMILES string of the molecule is Cc1nc(C)c(C(=O)N2CC3(CC(c4nnc(C(C)C)o4)N(C)C3)C2)s1. The number of carbonyl (C=O) groups is 1. The number of hydrogen-bond acceptors (Lipinski definition) is 7. The first-order valence-electron chi connectivity index (χ1n) is 9.05. The van der Waals surface area contributed by atoms with E-state index in [1.807, 2.05) is 18.7 Å². The van der Waals surface area contributed by atoms with Gasteiger partial charge in [-0.15, -0.1) is 21.5 Å². The zero-order valence-corrected chi connectivity index (χ0v) is 16.8. The number of rotatable bonds is 3. The van der Waals surface area contributed by atoms with E-state index in [0.717, 1.165) is 41.6 Å². The lowest BCUT2D eigenvalue weighted by molar-refractivity contribution is 0.0118. The molecule has 26 heavy (non-hydrogen) atoms. The molecule has 1 spiro atoms. The summed E-state index contributed by atoms with van der Waals surface area (Å²) < 4.78 is 5.87. The quantitative estimate of drug-likeness (QED) is 0.821. The summed E-state index contributed by atoms with van der Waals surface area (Å²) >= 11 is 1.49. The highest BCUT2D eigenvalue weighted by Crippen LogP contribution is 2.48. The second-order valence-corrected chi connectivity index (χ2v) is 9.28. The minimum Gasteiger partial charge on any atom is -0.423 e. The minimum atomic E-state index is 0.115. The van der Waals surface area contributed by atoms with Gasteiger partial charge in [0.1, 0.15) is 4.88 Å². The van der Waals surface area contributed by atoms with Crippen LogP contribution in [-0.2, 0) is 0 Å². The highest BCUT2D eigenvalue weighted by Gasteiger charge is 2.53. The summed E-state index contributed by atoms with van der Waals surface area (Å²) in [5.41, 5.74) is 0.974. The summed E-state index contributed by atoms with van der Waals surface area (Å²) in [4.78, 5) is 22.1. The summed E-state index contributed by atoms with van der Waals surface area (Å²) in [6, 6.07) is 0.139. The van der Waals surface area contributed by atoms with Gasteiger partial charge in [-0.2, -0.15) is 0 Å². The number of aryl methyl sites for hydroxylation is 2. The summed E-state index contributed by atoms with van der Waals surface area (Å²) in [5.74, 6) is 1.74. The van der Waals surface area contributed by atoms with Crippen LogP contribution in [0.2, 0.25) is 0 Å². The standard InChI is InChI=1S/C18H25N5O2S/c1-10(2)15-20-21-16(25-15)13-6-18(7-22(13)5)8-23(9-18)17(24)14-11(3)19-12(4)26-14/h10,13H,6-9H2,1-5H3. The molecule has 2 aromatic rings. The molecule has 2 saturated heterocycles. The predicted molar refractivity (Wildman–Crippen MR) is 98.3 cm³/mol. The van der Waals surface area contributed by atoms with Gasteiger partial charge in [0.15, 0.2) is 0 Å². The van der Waals surface area contributed by atoms with Crippen molar-refractivity contribution in [1.82, 2.24) is 25.0 Å². The van der Waals surface area contributed by atoms with Crippen LogP contribution in [0, 0.1) is 19.3 Å². The van der Waals surface area contributed by atoms with Crippen molar-refractivity contribution >= 4 is 17.2 Å². The number of carbonyl (C=O) groups excluding carboxylic acids is 1. The predicted octanol–water partition coefficient (Wildman–Crippen LogP) is 2.79. The second kappa shape index (κ2) is 6.13. The summed E-state index contributed by atoms with van der Waals surface area (Å²) in [7, 11) is 2.10. The van der Waals surface area contributed by atoms with Crippen molar-refractivity contribution in [3.63, 3.8) is 0 Å². The Hall–Kier alpha value is -1.80. The number of hydrogen-bond donors (Lipinski definition) is 0. The van der Waals surface area contributed by atoms with Crippen LogP contribution in [0.3, 0.4) is 0 Å². The molecule has 1 unspecified atom stereocenters. The Balaban J connectivity index is 1.44. The first-order chi connectivity index (χ1) is 12.3. The van der Waals surface area contributed by atoms with Gasteiger partial charge in [0, 0.05) is 31.0 Å². The van der Waals surface area contributed by atoms with Crippen molar-refractivity contribution in [2.24, 2.45) is 5.41 Å². The van der Waals surface area contributed by atoms with Gasteiger partial charge in [-0.05, 0) is 27.3 Å². The maximum absolute atomic E-state index is 12.8. The molecule has 8 heteroatoms. The van der Waals surface area contributed by atoms with Gasteiger partial charge in [0.05, 0.1) is 16.7 Å². The summed E-state index contributed by atoms with van der Waals surface area (Å²) in [5, 5.41) is 9.38. The molecule has 0 radical (unpaired) electrons. The number of amides is 1. The van der Waals surface area contributed by atoms with Crippen LogP contribution in [0.15, 0.2) is 4.42 Å². The van der Waals surface area contributed by atoms with E-state index < -0.39 is 0 Å². The van der Waals surface area contributed by atoms with Gasteiger partial charge in [-0.3, -0.25) is 9.69 Å². The minimum absolute atomic E-state index is 0.115. The number of likely N-dealkylation sites (tertiary alicyclic amines) is 2. The molecule has 4 rings (SSSR count). The van der Waals surface area contributed by atoms with Gasteiger partial charge < -0.3 is 9.32 Å². The molecule has 4 heterocycles. The molecular formula is C18H25N5O2S. The molecule has 140 valence electrons. The Kier molecular flexibility index (Phi) is 4.15. The molecule has 0 aromatic carbocycles. The van der Waals surface area contributed by atoms with Crippen molar-refractivity contribution in [3.8, 4) is 0 Å². The average Bonchev–Trinajstić information content (AvgIpc) is 3.22. The van der Waals surface area contributed by atoms with E-state index in [1.165, 1.54) is 11.3 Å². The van der Waals surface area contributed by atoms with Crippen LogP contribution in [-0.4, -0.2) is 57.6 Å². The Morgan fingerprint density at radius 3 is 2.58 bits per heavy atom. The van der Waals surface area contributed by atoms with E-state index in [2.05, 4.69) is 41.0 Å². The first-order valence-corrected chi connectivity index (χ1v) is 9.86. The van der Waals surface area contributed by atoms with E-state index in [-0.39, 0.29) is 23.3 Å². The molecule has 2 fully saturated rings. The highest BCUT2D eigenvalue weighted by molar-refractivity contribution is 7.13. The Bertz CT molecular complexity index is 837. The van der Waals surface area contributed by atoms with Crippen molar-refractivity contribution in [1.29, 1.82) is 0 Å². The van der Waals surface area contributed by atoms with Crippen LogP contribution in [0.1, 0.15) is 64.4 Å². The summed E-state index contributed by atoms with van der Waals surface area (Å²) in [6.45, 7) is 10.5. The fraction of sp³-hybridized carbons (Fsp3) is 0.667. The molecule has 2 aliphatic rings. The molecule has 2 aromatic heterocycles. The molecule has 2 aliphatic heterocycles. The molecule has 0 bridgehead atoms. The lowest BCUT2D eigenvalue weighted by atomic mass is 9.77. The van der Waals surface area contributed by atoms with Crippen molar-refractivity contribution in [2.45, 2.75) is 46.1 Å².